The number of hydroxylamine groups is 1. The van der Waals surface area contributed by atoms with Crippen molar-refractivity contribution < 1.29 is 53.2 Å². The van der Waals surface area contributed by atoms with Gasteiger partial charge in [-0.05, 0) is 0 Å². The minimum atomic E-state index is -6.26. The van der Waals surface area contributed by atoms with Crippen LogP contribution >= 0.6 is 0 Å². The number of hydrogen-bond acceptors (Lipinski definition) is 6. The Labute approximate surface area is 100 Å². The highest BCUT2D eigenvalue weighted by molar-refractivity contribution is 7.87. The Kier molecular flexibility index (Phi) is 5.54. The van der Waals surface area contributed by atoms with Gasteiger partial charge in [-0.25, -0.2) is 0 Å². The van der Waals surface area contributed by atoms with Crippen molar-refractivity contribution in [3.05, 3.63) is 12.1 Å². The van der Waals surface area contributed by atoms with E-state index in [2.05, 4.69) is 14.1 Å². The minimum absolute atomic E-state index is 0.643. The second kappa shape index (κ2) is 5.89. The smallest absolute Gasteiger partial charge is 0.294 e. The summed E-state index contributed by atoms with van der Waals surface area (Å²) in [5.41, 5.74) is 1.17. The lowest BCUT2D eigenvalue weighted by Crippen LogP contribution is -2.50. The lowest BCUT2D eigenvalue weighted by molar-refractivity contribution is -0.463. The molecule has 14 heteroatoms. The molecule has 0 aromatic rings. The van der Waals surface area contributed by atoms with Crippen molar-refractivity contribution in [3.8, 4) is 0 Å². The third-order valence-corrected chi connectivity index (χ3v) is 2.47. The van der Waals surface area contributed by atoms with Gasteiger partial charge in [0.25, 0.3) is 0 Å². The van der Waals surface area contributed by atoms with Gasteiger partial charge in [0, 0.05) is 7.05 Å². The summed E-state index contributed by atoms with van der Waals surface area (Å²) in [6, 6.07) is -3.05. The zero-order valence-corrected chi connectivity index (χ0v) is 9.41. The summed E-state index contributed by atoms with van der Waals surface area (Å²) in [6.07, 6.45) is -9.32. The molecule has 0 fully saturated rings. The maximum absolute atomic E-state index is 12.8. The number of rotatable bonds is 7. The summed E-state index contributed by atoms with van der Waals surface area (Å²) >= 11 is 0. The third kappa shape index (κ3) is 3.92. The van der Waals surface area contributed by atoms with Gasteiger partial charge >= 0.3 is 33.6 Å². The summed E-state index contributed by atoms with van der Waals surface area (Å²) < 4.78 is 110. The maximum Gasteiger partial charge on any atom is 0.472 e. The Hall–Kier alpha value is -1.12. The molecule has 0 aliphatic carbocycles. The molecule has 0 amide bonds. The zero-order valence-electron chi connectivity index (χ0n) is 8.60. The summed E-state index contributed by atoms with van der Waals surface area (Å²) in [5, 5.41) is -6.06. The van der Waals surface area contributed by atoms with Crippen LogP contribution in [0.1, 0.15) is 0 Å². The van der Waals surface area contributed by atoms with E-state index < -0.39 is 33.6 Å². The molecular formula is C5H4F7NO5S. The quantitative estimate of drug-likeness (QED) is 0.332. The van der Waals surface area contributed by atoms with Gasteiger partial charge in [-0.1, -0.05) is 0 Å². The molecule has 0 saturated carbocycles. The molecule has 0 saturated heterocycles. The first-order valence-electron chi connectivity index (χ1n) is 3.81. The molecule has 0 spiro atoms. The van der Waals surface area contributed by atoms with Gasteiger partial charge in [0.05, 0.1) is 0 Å². The minimum Gasteiger partial charge on any atom is -0.294 e. The van der Waals surface area contributed by atoms with Crippen LogP contribution in [-0.2, 0) is 24.2 Å². The SMILES string of the molecule is CNOS(=O)(=O)C(F)(F)C(F)(F)OOC(F)=C(F)F. The zero-order chi connectivity index (χ0) is 15.5. The Morgan fingerprint density at radius 2 is 1.58 bits per heavy atom. The fraction of sp³-hybridized carbons (Fsp3) is 0.600. The summed E-state index contributed by atoms with van der Waals surface area (Å²) in [4.78, 5) is 4.89. The first-order chi connectivity index (χ1) is 8.39. The Balaban J connectivity index is 5.14. The first-order valence-corrected chi connectivity index (χ1v) is 5.21. The van der Waals surface area contributed by atoms with Crippen LogP contribution in [0.5, 0.6) is 0 Å². The highest BCUT2D eigenvalue weighted by atomic mass is 32.2. The molecule has 0 aromatic heterocycles. The summed E-state index contributed by atoms with van der Waals surface area (Å²) in [6.45, 7) is 0. The molecule has 0 aliphatic rings. The molecule has 0 bridgehead atoms. The van der Waals surface area contributed by atoms with E-state index in [0.29, 0.717) is 7.05 Å². The van der Waals surface area contributed by atoms with Crippen LogP contribution in [0.15, 0.2) is 12.1 Å². The normalized spacial score (nSPS) is 13.3. The number of nitrogens with one attached hydrogen (secondary N) is 1. The van der Waals surface area contributed by atoms with Gasteiger partial charge in [-0.2, -0.15) is 48.9 Å². The van der Waals surface area contributed by atoms with E-state index in [1.165, 1.54) is 5.48 Å². The lowest BCUT2D eigenvalue weighted by atomic mass is 10.6. The van der Waals surface area contributed by atoms with Crippen molar-refractivity contribution in [1.82, 2.24) is 5.48 Å². The van der Waals surface area contributed by atoms with Gasteiger partial charge in [0.15, 0.2) is 0 Å². The van der Waals surface area contributed by atoms with Gasteiger partial charge in [-0.15, -0.1) is 4.89 Å². The van der Waals surface area contributed by atoms with Crippen LogP contribution in [0.4, 0.5) is 30.7 Å². The maximum atomic E-state index is 12.8. The Morgan fingerprint density at radius 3 is 1.95 bits per heavy atom. The summed E-state index contributed by atoms with van der Waals surface area (Å²) in [7, 11) is -5.62. The van der Waals surface area contributed by atoms with E-state index in [1.807, 2.05) is 0 Å². The molecular weight excluding hydrogens is 319 g/mol. The van der Waals surface area contributed by atoms with Crippen LogP contribution in [0, 0.1) is 0 Å². The number of alkyl halides is 4. The van der Waals surface area contributed by atoms with Crippen LogP contribution in [0.3, 0.4) is 0 Å². The van der Waals surface area contributed by atoms with E-state index in [9.17, 15) is 39.2 Å². The van der Waals surface area contributed by atoms with Crippen LogP contribution in [-0.4, -0.2) is 26.8 Å². The van der Waals surface area contributed by atoms with E-state index in [0.717, 1.165) is 0 Å². The van der Waals surface area contributed by atoms with Crippen LogP contribution < -0.4 is 5.48 Å². The van der Waals surface area contributed by atoms with Crippen LogP contribution in [0.25, 0.3) is 0 Å². The topological polar surface area (TPSA) is 73.9 Å². The monoisotopic (exact) mass is 323 g/mol. The molecule has 114 valence electrons. The van der Waals surface area contributed by atoms with E-state index in [4.69, 9.17) is 0 Å². The Bertz CT molecular complexity index is 445. The highest BCUT2D eigenvalue weighted by Crippen LogP contribution is 2.40. The van der Waals surface area contributed by atoms with Crippen molar-refractivity contribution in [2.24, 2.45) is 0 Å². The average Bonchev–Trinajstić information content (AvgIpc) is 2.25. The van der Waals surface area contributed by atoms with Crippen molar-refractivity contribution in [1.29, 1.82) is 0 Å². The largest absolute Gasteiger partial charge is 0.472 e. The lowest BCUT2D eigenvalue weighted by Gasteiger charge is -2.22. The van der Waals surface area contributed by atoms with E-state index in [-0.39, 0.29) is 0 Å². The second-order valence-corrected chi connectivity index (χ2v) is 4.06. The van der Waals surface area contributed by atoms with Gasteiger partial charge in [0.2, 0.25) is 0 Å². The number of hydrogen-bond donors (Lipinski definition) is 1. The van der Waals surface area contributed by atoms with Crippen molar-refractivity contribution in [2.75, 3.05) is 7.05 Å². The van der Waals surface area contributed by atoms with Crippen molar-refractivity contribution >= 4 is 10.1 Å². The molecule has 1 N–H and O–H groups in total. The predicted octanol–water partition coefficient (Wildman–Crippen LogP) is 1.64. The molecule has 0 aliphatic heterocycles. The van der Waals surface area contributed by atoms with Gasteiger partial charge in [0.1, 0.15) is 0 Å². The average molecular weight is 323 g/mol. The van der Waals surface area contributed by atoms with Crippen molar-refractivity contribution in [2.45, 2.75) is 11.4 Å². The first kappa shape index (κ1) is 17.9. The fourth-order valence-electron chi connectivity index (χ4n) is 0.476. The van der Waals surface area contributed by atoms with Gasteiger partial charge in [-0.3, -0.25) is 4.89 Å². The molecule has 0 rings (SSSR count). The predicted molar refractivity (Wildman–Crippen MR) is 41.5 cm³/mol. The van der Waals surface area contributed by atoms with E-state index in [1.54, 1.807) is 0 Å². The van der Waals surface area contributed by atoms with Crippen molar-refractivity contribution in [3.63, 3.8) is 0 Å². The molecule has 0 heterocycles. The standard InChI is InChI=1S/C5H4F7NO5S/c1-13-18-19(14,15)5(11,12)4(9,10)17-16-3(8)2(6)7/h13H,1H3. The van der Waals surface area contributed by atoms with E-state index >= 15 is 0 Å². The molecule has 0 radical (unpaired) electrons. The van der Waals surface area contributed by atoms with Crippen LogP contribution in [0.2, 0.25) is 0 Å². The summed E-state index contributed by atoms with van der Waals surface area (Å²) in [5.74, 6) is 0. The molecule has 19 heavy (non-hydrogen) atoms. The molecule has 0 atom stereocenters. The molecule has 0 unspecified atom stereocenters. The molecule has 6 nitrogen and oxygen atoms in total. The van der Waals surface area contributed by atoms with Gasteiger partial charge < -0.3 is 0 Å². The Morgan fingerprint density at radius 1 is 1.11 bits per heavy atom. The highest BCUT2D eigenvalue weighted by Gasteiger charge is 2.70. The second-order valence-electron chi connectivity index (χ2n) is 2.48. The molecule has 0 aromatic carbocycles. The fourth-order valence-corrected chi connectivity index (χ4v) is 1.13. The third-order valence-electron chi connectivity index (χ3n) is 1.21. The number of halogens is 7.